The van der Waals surface area contributed by atoms with Crippen LogP contribution in [-0.2, 0) is 0 Å². The van der Waals surface area contributed by atoms with Crippen molar-refractivity contribution in [1.29, 1.82) is 0 Å². The quantitative estimate of drug-likeness (QED) is 0.821. The summed E-state index contributed by atoms with van der Waals surface area (Å²) in [6, 6.07) is 3.14. The monoisotopic (exact) mass is 229 g/mol. The number of ether oxygens (including phenoxy) is 1. The van der Waals surface area contributed by atoms with Crippen molar-refractivity contribution in [2.24, 2.45) is 0 Å². The lowest BCUT2D eigenvalue weighted by atomic mass is 10.2. The predicted molar refractivity (Wildman–Crippen MR) is 55.5 cm³/mol. The molecule has 0 aromatic carbocycles. The molecule has 1 aromatic heterocycles. The standard InChI is InChI=1S/C10H13F2N3O/c1-15-5-8(10(11,12)6-15)16-7-3-2-4-14-9(7)13/h2-4,8H,5-6H2,1H3,(H2,13,14)/t8-/m0/s1. The molecule has 1 atom stereocenters. The SMILES string of the molecule is CN1C[C@H](Oc2cccnc2N)C(F)(F)C1. The molecule has 0 aliphatic carbocycles. The maximum atomic E-state index is 13.4. The zero-order chi connectivity index (χ0) is 11.8. The number of alkyl halides is 2. The first-order valence-corrected chi connectivity index (χ1v) is 4.92. The van der Waals surface area contributed by atoms with Crippen LogP contribution in [0.3, 0.4) is 0 Å². The Labute approximate surface area is 92.0 Å². The molecular weight excluding hydrogens is 216 g/mol. The van der Waals surface area contributed by atoms with Gasteiger partial charge in [0.05, 0.1) is 6.54 Å². The molecule has 1 fully saturated rings. The first kappa shape index (κ1) is 11.1. The van der Waals surface area contributed by atoms with Gasteiger partial charge in [0.1, 0.15) is 0 Å². The second-order valence-electron chi connectivity index (χ2n) is 3.95. The van der Waals surface area contributed by atoms with Gasteiger partial charge in [-0.2, -0.15) is 0 Å². The van der Waals surface area contributed by atoms with Crippen molar-refractivity contribution in [2.75, 3.05) is 25.9 Å². The lowest BCUT2D eigenvalue weighted by molar-refractivity contribution is -0.0613. The van der Waals surface area contributed by atoms with Crippen LogP contribution >= 0.6 is 0 Å². The second-order valence-corrected chi connectivity index (χ2v) is 3.95. The van der Waals surface area contributed by atoms with E-state index in [9.17, 15) is 8.78 Å². The minimum Gasteiger partial charge on any atom is -0.479 e. The lowest BCUT2D eigenvalue weighted by Gasteiger charge is -2.19. The van der Waals surface area contributed by atoms with E-state index in [-0.39, 0.29) is 24.7 Å². The molecule has 0 radical (unpaired) electrons. The zero-order valence-corrected chi connectivity index (χ0v) is 8.86. The summed E-state index contributed by atoms with van der Waals surface area (Å²) in [6.45, 7) is -0.112. The van der Waals surface area contributed by atoms with E-state index in [2.05, 4.69) is 4.98 Å². The molecule has 1 aliphatic rings. The maximum Gasteiger partial charge on any atom is 0.297 e. The number of aromatic nitrogens is 1. The molecule has 1 aliphatic heterocycles. The molecule has 4 nitrogen and oxygen atoms in total. The summed E-state index contributed by atoms with van der Waals surface area (Å²) in [5.74, 6) is -2.51. The summed E-state index contributed by atoms with van der Waals surface area (Å²) < 4.78 is 32.1. The van der Waals surface area contributed by atoms with Gasteiger partial charge in [0, 0.05) is 12.7 Å². The first-order chi connectivity index (χ1) is 7.49. The van der Waals surface area contributed by atoms with E-state index in [1.165, 1.54) is 17.2 Å². The molecule has 6 heteroatoms. The third kappa shape index (κ3) is 2.06. The summed E-state index contributed by atoms with van der Waals surface area (Å²) in [5, 5.41) is 0. The van der Waals surface area contributed by atoms with Crippen molar-refractivity contribution in [3.05, 3.63) is 18.3 Å². The van der Waals surface area contributed by atoms with Gasteiger partial charge in [-0.25, -0.2) is 13.8 Å². The number of nitrogen functional groups attached to an aromatic ring is 1. The van der Waals surface area contributed by atoms with Gasteiger partial charge in [-0.05, 0) is 19.2 Å². The Morgan fingerprint density at radius 2 is 2.38 bits per heavy atom. The summed E-state index contributed by atoms with van der Waals surface area (Å²) in [4.78, 5) is 5.31. The Morgan fingerprint density at radius 3 is 2.94 bits per heavy atom. The summed E-state index contributed by atoms with van der Waals surface area (Å²) in [7, 11) is 1.63. The minimum absolute atomic E-state index is 0.132. The van der Waals surface area contributed by atoms with Crippen LogP contribution in [0.2, 0.25) is 0 Å². The molecule has 88 valence electrons. The molecular formula is C10H13F2N3O. The van der Waals surface area contributed by atoms with Crippen molar-refractivity contribution in [3.8, 4) is 5.75 Å². The normalized spacial score (nSPS) is 24.6. The molecule has 0 saturated carbocycles. The van der Waals surface area contributed by atoms with Gasteiger partial charge in [-0.15, -0.1) is 0 Å². The number of likely N-dealkylation sites (N-methyl/N-ethyl adjacent to an activating group) is 1. The van der Waals surface area contributed by atoms with Crippen molar-refractivity contribution < 1.29 is 13.5 Å². The topological polar surface area (TPSA) is 51.4 Å². The predicted octanol–water partition coefficient (Wildman–Crippen LogP) is 0.992. The largest absolute Gasteiger partial charge is 0.479 e. The molecule has 0 unspecified atom stereocenters. The highest BCUT2D eigenvalue weighted by atomic mass is 19.3. The van der Waals surface area contributed by atoms with Gasteiger partial charge in [-0.1, -0.05) is 0 Å². The number of halogens is 2. The van der Waals surface area contributed by atoms with Gasteiger partial charge in [0.25, 0.3) is 5.92 Å². The molecule has 1 aromatic rings. The number of hydrogen-bond acceptors (Lipinski definition) is 4. The van der Waals surface area contributed by atoms with Crippen LogP contribution in [-0.4, -0.2) is 42.0 Å². The smallest absolute Gasteiger partial charge is 0.297 e. The summed E-state index contributed by atoms with van der Waals surface area (Å²) in [5.41, 5.74) is 5.53. The van der Waals surface area contributed by atoms with Crippen molar-refractivity contribution in [1.82, 2.24) is 9.88 Å². The number of rotatable bonds is 2. The van der Waals surface area contributed by atoms with Gasteiger partial charge >= 0.3 is 0 Å². The van der Waals surface area contributed by atoms with Gasteiger partial charge in [-0.3, -0.25) is 4.90 Å². The Morgan fingerprint density at radius 1 is 1.62 bits per heavy atom. The molecule has 16 heavy (non-hydrogen) atoms. The van der Waals surface area contributed by atoms with Crippen LogP contribution in [0, 0.1) is 0 Å². The number of hydrogen-bond donors (Lipinski definition) is 1. The second kappa shape index (κ2) is 3.86. The van der Waals surface area contributed by atoms with Crippen LogP contribution in [0.5, 0.6) is 5.75 Å². The Kier molecular flexibility index (Phi) is 2.67. The molecule has 2 heterocycles. The fourth-order valence-corrected chi connectivity index (χ4v) is 1.72. The van der Waals surface area contributed by atoms with E-state index < -0.39 is 12.0 Å². The van der Waals surface area contributed by atoms with Crippen LogP contribution in [0.15, 0.2) is 18.3 Å². The molecule has 2 rings (SSSR count). The number of pyridine rings is 1. The third-order valence-electron chi connectivity index (χ3n) is 2.50. The van der Waals surface area contributed by atoms with Crippen LogP contribution < -0.4 is 10.5 Å². The first-order valence-electron chi connectivity index (χ1n) is 4.92. The molecule has 0 amide bonds. The highest BCUT2D eigenvalue weighted by Gasteiger charge is 2.48. The summed E-state index contributed by atoms with van der Waals surface area (Å²) >= 11 is 0. The fourth-order valence-electron chi connectivity index (χ4n) is 1.72. The highest BCUT2D eigenvalue weighted by Crippen LogP contribution is 2.31. The van der Waals surface area contributed by atoms with Gasteiger partial charge in [0.15, 0.2) is 17.7 Å². The average molecular weight is 229 g/mol. The molecule has 0 spiro atoms. The van der Waals surface area contributed by atoms with E-state index in [0.29, 0.717) is 0 Å². The minimum atomic E-state index is -2.85. The van der Waals surface area contributed by atoms with Crippen LogP contribution in [0.4, 0.5) is 14.6 Å². The Hall–Kier alpha value is -1.43. The van der Waals surface area contributed by atoms with Crippen LogP contribution in [0.25, 0.3) is 0 Å². The highest BCUT2D eigenvalue weighted by molar-refractivity contribution is 5.45. The van der Waals surface area contributed by atoms with E-state index in [1.54, 1.807) is 13.1 Å². The average Bonchev–Trinajstić information content (AvgIpc) is 2.43. The summed E-state index contributed by atoms with van der Waals surface area (Å²) in [6.07, 6.45) is 0.324. The van der Waals surface area contributed by atoms with Gasteiger partial charge in [0.2, 0.25) is 0 Å². The van der Waals surface area contributed by atoms with Crippen LogP contribution in [0.1, 0.15) is 0 Å². The van der Waals surface area contributed by atoms with Crippen molar-refractivity contribution in [3.63, 3.8) is 0 Å². The number of nitrogens with zero attached hydrogens (tertiary/aromatic N) is 2. The lowest BCUT2D eigenvalue weighted by Crippen LogP contribution is -2.36. The van der Waals surface area contributed by atoms with Crippen molar-refractivity contribution in [2.45, 2.75) is 12.0 Å². The van der Waals surface area contributed by atoms with Gasteiger partial charge < -0.3 is 10.5 Å². The van der Waals surface area contributed by atoms with E-state index in [4.69, 9.17) is 10.5 Å². The van der Waals surface area contributed by atoms with E-state index in [0.717, 1.165) is 0 Å². The van der Waals surface area contributed by atoms with E-state index >= 15 is 0 Å². The van der Waals surface area contributed by atoms with E-state index in [1.807, 2.05) is 0 Å². The Bertz CT molecular complexity index is 386. The third-order valence-corrected chi connectivity index (χ3v) is 2.50. The Balaban J connectivity index is 2.14. The fraction of sp³-hybridized carbons (Fsp3) is 0.500. The molecule has 0 bridgehead atoms. The number of likely N-dealkylation sites (tertiary alicyclic amines) is 1. The number of anilines is 1. The number of nitrogens with two attached hydrogens (primary N) is 1. The molecule has 1 saturated heterocycles. The maximum absolute atomic E-state index is 13.4. The zero-order valence-electron chi connectivity index (χ0n) is 8.86. The molecule has 2 N–H and O–H groups in total. The van der Waals surface area contributed by atoms with Crippen molar-refractivity contribution >= 4 is 5.82 Å².